The summed E-state index contributed by atoms with van der Waals surface area (Å²) < 4.78 is 0. The number of anilines is 3. The molecule has 3 N–H and O–H groups in total. The molecule has 0 atom stereocenters. The molecule has 0 unspecified atom stereocenters. The second-order valence-electron chi connectivity index (χ2n) is 7.96. The molecule has 0 radical (unpaired) electrons. The molecule has 2 saturated carbocycles. The predicted molar refractivity (Wildman–Crippen MR) is 109 cm³/mol. The van der Waals surface area contributed by atoms with Crippen molar-refractivity contribution < 1.29 is 0 Å². The van der Waals surface area contributed by atoms with Crippen molar-refractivity contribution >= 4 is 17.6 Å². The highest BCUT2D eigenvalue weighted by atomic mass is 15.3. The van der Waals surface area contributed by atoms with Gasteiger partial charge in [-0.05, 0) is 51.6 Å². The molecule has 7 nitrogen and oxygen atoms in total. The number of hydrogen-bond acceptors (Lipinski definition) is 6. The average molecular weight is 370 g/mol. The van der Waals surface area contributed by atoms with Crippen LogP contribution in [0.5, 0.6) is 0 Å². The molecule has 2 aromatic heterocycles. The van der Waals surface area contributed by atoms with Crippen molar-refractivity contribution in [3.05, 3.63) is 24.0 Å². The van der Waals surface area contributed by atoms with Gasteiger partial charge in [0.15, 0.2) is 5.82 Å². The number of hydrogen-bond donors (Lipinski definition) is 3. The standard InChI is InChI=1S/C20H31N7/c1-21-15-7-9-16(10-8-15)27(2)20-22-12-11-18(24-20)23-19-13-17(25-26-19)14-5-3-4-6-14/h11-16,21H,3-10H2,1-2H3,(H2,22,23,24,25,26). The molecule has 4 rings (SSSR count). The Hall–Kier alpha value is -2.15. The SMILES string of the molecule is CNC1CCC(N(C)c2nccc(Nc3cc(C4CCCC4)[nH]n3)n2)CC1. The highest BCUT2D eigenvalue weighted by molar-refractivity contribution is 5.53. The van der Waals surface area contributed by atoms with Crippen LogP contribution in [-0.2, 0) is 0 Å². The van der Waals surface area contributed by atoms with Gasteiger partial charge in [-0.15, -0.1) is 0 Å². The topological polar surface area (TPSA) is 81.8 Å². The van der Waals surface area contributed by atoms with Gasteiger partial charge in [0.25, 0.3) is 0 Å². The van der Waals surface area contributed by atoms with Gasteiger partial charge in [-0.25, -0.2) is 4.98 Å². The molecule has 27 heavy (non-hydrogen) atoms. The molecule has 2 aliphatic carbocycles. The fraction of sp³-hybridized carbons (Fsp3) is 0.650. The molecule has 2 aliphatic rings. The number of H-pyrrole nitrogens is 1. The van der Waals surface area contributed by atoms with Gasteiger partial charge in [0.2, 0.25) is 5.95 Å². The van der Waals surface area contributed by atoms with Crippen LogP contribution in [0, 0.1) is 0 Å². The maximum absolute atomic E-state index is 4.72. The van der Waals surface area contributed by atoms with E-state index < -0.39 is 0 Å². The summed E-state index contributed by atoms with van der Waals surface area (Å²) in [5.74, 6) is 3.03. The molecular weight excluding hydrogens is 338 g/mol. The predicted octanol–water partition coefficient (Wildman–Crippen LogP) is 3.57. The lowest BCUT2D eigenvalue weighted by Gasteiger charge is -2.34. The van der Waals surface area contributed by atoms with E-state index in [1.807, 2.05) is 12.3 Å². The highest BCUT2D eigenvalue weighted by Crippen LogP contribution is 2.34. The van der Waals surface area contributed by atoms with Crippen LogP contribution in [0.25, 0.3) is 0 Å². The van der Waals surface area contributed by atoms with Crippen molar-refractivity contribution in [2.45, 2.75) is 69.4 Å². The summed E-state index contributed by atoms with van der Waals surface area (Å²) >= 11 is 0. The van der Waals surface area contributed by atoms with Gasteiger partial charge in [0.1, 0.15) is 5.82 Å². The Labute approximate surface area is 161 Å². The van der Waals surface area contributed by atoms with E-state index in [9.17, 15) is 0 Å². The lowest BCUT2D eigenvalue weighted by molar-refractivity contribution is 0.349. The molecule has 0 aliphatic heterocycles. The van der Waals surface area contributed by atoms with Crippen molar-refractivity contribution in [2.24, 2.45) is 0 Å². The molecule has 0 amide bonds. The lowest BCUT2D eigenvalue weighted by Crippen LogP contribution is -2.40. The quantitative estimate of drug-likeness (QED) is 0.722. The van der Waals surface area contributed by atoms with E-state index in [1.54, 1.807) is 0 Å². The lowest BCUT2D eigenvalue weighted by atomic mass is 9.90. The third kappa shape index (κ3) is 4.24. The first-order valence-electron chi connectivity index (χ1n) is 10.3. The maximum Gasteiger partial charge on any atom is 0.227 e. The normalized spacial score (nSPS) is 23.5. The Morgan fingerprint density at radius 2 is 1.85 bits per heavy atom. The molecular formula is C20H31N7. The first-order chi connectivity index (χ1) is 13.2. The maximum atomic E-state index is 4.72. The fourth-order valence-corrected chi connectivity index (χ4v) is 4.48. The summed E-state index contributed by atoms with van der Waals surface area (Å²) in [5.41, 5.74) is 1.24. The first kappa shape index (κ1) is 18.2. The van der Waals surface area contributed by atoms with E-state index in [2.05, 4.69) is 50.9 Å². The monoisotopic (exact) mass is 369 g/mol. The minimum absolute atomic E-state index is 0.504. The number of nitrogens with zero attached hydrogens (tertiary/aromatic N) is 4. The Balaban J connectivity index is 1.40. The second kappa shape index (κ2) is 8.25. The molecule has 0 spiro atoms. The van der Waals surface area contributed by atoms with E-state index in [1.165, 1.54) is 57.1 Å². The van der Waals surface area contributed by atoms with E-state index in [0.717, 1.165) is 17.6 Å². The van der Waals surface area contributed by atoms with Gasteiger partial charge in [-0.3, -0.25) is 5.10 Å². The summed E-state index contributed by atoms with van der Waals surface area (Å²) in [6, 6.07) is 5.18. The smallest absolute Gasteiger partial charge is 0.227 e. The van der Waals surface area contributed by atoms with E-state index >= 15 is 0 Å². The van der Waals surface area contributed by atoms with Crippen LogP contribution >= 0.6 is 0 Å². The minimum Gasteiger partial charge on any atom is -0.341 e. The van der Waals surface area contributed by atoms with Crippen LogP contribution in [0.1, 0.15) is 63.0 Å². The van der Waals surface area contributed by atoms with Crippen molar-refractivity contribution in [1.82, 2.24) is 25.5 Å². The van der Waals surface area contributed by atoms with E-state index in [0.29, 0.717) is 18.0 Å². The summed E-state index contributed by atoms with van der Waals surface area (Å²) in [6.45, 7) is 0. The van der Waals surface area contributed by atoms with Crippen LogP contribution in [0.4, 0.5) is 17.6 Å². The molecule has 2 fully saturated rings. The molecule has 146 valence electrons. The van der Waals surface area contributed by atoms with Crippen LogP contribution in [0.15, 0.2) is 18.3 Å². The largest absolute Gasteiger partial charge is 0.341 e. The number of aromatic nitrogens is 4. The number of aromatic amines is 1. The van der Waals surface area contributed by atoms with E-state index in [-0.39, 0.29) is 0 Å². The summed E-state index contributed by atoms with van der Waals surface area (Å²) in [4.78, 5) is 11.4. The van der Waals surface area contributed by atoms with E-state index in [4.69, 9.17) is 4.98 Å². The third-order valence-corrected chi connectivity index (χ3v) is 6.26. The first-order valence-corrected chi connectivity index (χ1v) is 10.3. The van der Waals surface area contributed by atoms with Gasteiger partial charge < -0.3 is 15.5 Å². The summed E-state index contributed by atoms with van der Waals surface area (Å²) in [5, 5.41) is 14.3. The van der Waals surface area contributed by atoms with Gasteiger partial charge in [-0.1, -0.05) is 12.8 Å². The fourth-order valence-electron chi connectivity index (χ4n) is 4.48. The van der Waals surface area contributed by atoms with Crippen molar-refractivity contribution in [3.63, 3.8) is 0 Å². The highest BCUT2D eigenvalue weighted by Gasteiger charge is 2.24. The number of nitrogens with one attached hydrogen (secondary N) is 3. The van der Waals surface area contributed by atoms with Crippen LogP contribution in [0.3, 0.4) is 0 Å². The zero-order valence-electron chi connectivity index (χ0n) is 16.4. The Bertz CT molecular complexity index is 729. The molecule has 2 aromatic rings. The third-order valence-electron chi connectivity index (χ3n) is 6.26. The van der Waals surface area contributed by atoms with Crippen LogP contribution < -0.4 is 15.5 Å². The molecule has 0 saturated heterocycles. The second-order valence-corrected chi connectivity index (χ2v) is 7.96. The molecule has 7 heteroatoms. The average Bonchev–Trinajstić information content (AvgIpc) is 3.39. The van der Waals surface area contributed by atoms with Crippen molar-refractivity contribution in [3.8, 4) is 0 Å². The van der Waals surface area contributed by atoms with Crippen molar-refractivity contribution in [2.75, 3.05) is 24.3 Å². The van der Waals surface area contributed by atoms with Crippen LogP contribution in [-0.4, -0.2) is 46.3 Å². The zero-order chi connectivity index (χ0) is 18.6. The molecule has 0 aromatic carbocycles. The molecule has 2 heterocycles. The van der Waals surface area contributed by atoms with Gasteiger partial charge in [0.05, 0.1) is 0 Å². The van der Waals surface area contributed by atoms with Gasteiger partial charge >= 0.3 is 0 Å². The Kier molecular flexibility index (Phi) is 5.57. The number of rotatable bonds is 6. The van der Waals surface area contributed by atoms with Crippen LogP contribution in [0.2, 0.25) is 0 Å². The minimum atomic E-state index is 0.504. The summed E-state index contributed by atoms with van der Waals surface area (Å²) in [6.07, 6.45) is 11.8. The summed E-state index contributed by atoms with van der Waals surface area (Å²) in [7, 11) is 4.16. The zero-order valence-corrected chi connectivity index (χ0v) is 16.4. The Morgan fingerprint density at radius 1 is 1.07 bits per heavy atom. The van der Waals surface area contributed by atoms with Gasteiger partial charge in [-0.2, -0.15) is 10.1 Å². The van der Waals surface area contributed by atoms with Crippen molar-refractivity contribution in [1.29, 1.82) is 0 Å². The Morgan fingerprint density at radius 3 is 2.59 bits per heavy atom. The molecule has 0 bridgehead atoms. The van der Waals surface area contributed by atoms with Gasteiger partial charge in [0, 0.05) is 43.0 Å².